The first-order valence-electron chi connectivity index (χ1n) is 19.9. The Balaban J connectivity index is 1.35. The van der Waals surface area contributed by atoms with E-state index in [4.69, 9.17) is 24.2 Å². The zero-order valence-electron chi connectivity index (χ0n) is 33.6. The monoisotopic (exact) mass is 852 g/mol. The third kappa shape index (κ3) is 8.51. The molecule has 9 rings (SSSR count). The second-order valence-electron chi connectivity index (χ2n) is 14.7. The van der Waals surface area contributed by atoms with Crippen molar-refractivity contribution in [3.63, 3.8) is 0 Å². The van der Waals surface area contributed by atoms with Crippen molar-refractivity contribution >= 4 is 64.3 Å². The van der Waals surface area contributed by atoms with E-state index in [1.165, 1.54) is 0 Å². The van der Waals surface area contributed by atoms with Crippen LogP contribution in [0.3, 0.4) is 0 Å². The molecule has 6 N–H and O–H groups in total. The lowest BCUT2D eigenvalue weighted by molar-refractivity contribution is -0.140. The van der Waals surface area contributed by atoms with Gasteiger partial charge in [0.1, 0.15) is 23.0 Å². The standard InChI is InChI=1S/C50H36N4O10/c55-32-9-1-28(2-10-32)47-36-17-19-38(51-36)48(29-3-11-33(12-4-29)62-25-44(56)57)40-21-23-42(53-40)50(31-7-15-35(16-8-31)64-27-46(60)61)43-24-22-41(54-43)49(39-20-18-37(47)52-39)30-5-13-34(14-6-30)63-26-45(58)59/h1-24,51,54-55H,25-27H2,(H,56,57)(H,58,59)(H,60,61). The average Bonchev–Trinajstić information content (AvgIpc) is 4.14. The highest BCUT2D eigenvalue weighted by Gasteiger charge is 2.20. The van der Waals surface area contributed by atoms with Crippen molar-refractivity contribution in [2.75, 3.05) is 19.8 Å². The quantitative estimate of drug-likeness (QED) is 0.0639. The van der Waals surface area contributed by atoms with Crippen molar-refractivity contribution < 1.29 is 49.0 Å². The molecule has 0 saturated carbocycles. The minimum atomic E-state index is -1.09. The molecule has 64 heavy (non-hydrogen) atoms. The summed E-state index contributed by atoms with van der Waals surface area (Å²) in [6, 6.07) is 36.0. The lowest BCUT2D eigenvalue weighted by Crippen LogP contribution is -2.09. The molecule has 8 bridgehead atoms. The number of hydrogen-bond donors (Lipinski definition) is 6. The second kappa shape index (κ2) is 17.2. The number of nitrogens with one attached hydrogen (secondary N) is 2. The van der Waals surface area contributed by atoms with Crippen LogP contribution in [0.1, 0.15) is 22.8 Å². The molecule has 2 aliphatic rings. The largest absolute Gasteiger partial charge is 0.508 e. The van der Waals surface area contributed by atoms with Crippen molar-refractivity contribution in [1.82, 2.24) is 19.9 Å². The van der Waals surface area contributed by atoms with Gasteiger partial charge in [0.15, 0.2) is 19.8 Å². The number of phenols is 1. The highest BCUT2D eigenvalue weighted by atomic mass is 16.5. The fraction of sp³-hybridized carbons (Fsp3) is 0.0600. The zero-order chi connectivity index (χ0) is 44.3. The van der Waals surface area contributed by atoms with E-state index in [1.807, 2.05) is 97.1 Å². The molecule has 0 saturated heterocycles. The van der Waals surface area contributed by atoms with Crippen LogP contribution in [0.4, 0.5) is 0 Å². The number of ether oxygens (including phenoxy) is 3. The maximum absolute atomic E-state index is 11.2. The van der Waals surface area contributed by atoms with E-state index < -0.39 is 37.7 Å². The molecule has 0 amide bonds. The van der Waals surface area contributed by atoms with E-state index in [1.54, 1.807) is 48.5 Å². The number of H-pyrrole nitrogens is 2. The summed E-state index contributed by atoms with van der Waals surface area (Å²) in [5.74, 6) is -2.02. The number of carboxylic acid groups (broad SMARTS) is 3. The Hall–Kier alpha value is -8.91. The van der Waals surface area contributed by atoms with Crippen molar-refractivity contribution in [2.45, 2.75) is 0 Å². The van der Waals surface area contributed by atoms with Crippen LogP contribution in [0.2, 0.25) is 0 Å². The maximum Gasteiger partial charge on any atom is 0.341 e. The van der Waals surface area contributed by atoms with Crippen LogP contribution in [-0.2, 0) is 14.4 Å². The molecule has 2 aliphatic heterocycles. The third-order valence-corrected chi connectivity index (χ3v) is 10.4. The van der Waals surface area contributed by atoms with Crippen LogP contribution in [-0.4, -0.2) is 78.1 Å². The minimum Gasteiger partial charge on any atom is -0.508 e. The number of fused-ring (bicyclic) bond motifs is 8. The Kier molecular flexibility index (Phi) is 10.9. The lowest BCUT2D eigenvalue weighted by Gasteiger charge is -2.09. The number of aromatic hydroxyl groups is 1. The first-order valence-corrected chi connectivity index (χ1v) is 19.9. The predicted octanol–water partition coefficient (Wildman–Crippen LogP) is 9.42. The summed E-state index contributed by atoms with van der Waals surface area (Å²) in [6.07, 6.45) is 7.71. The van der Waals surface area contributed by atoms with Crippen molar-refractivity contribution in [3.05, 3.63) is 144 Å². The van der Waals surface area contributed by atoms with Crippen LogP contribution >= 0.6 is 0 Å². The Morgan fingerprint density at radius 1 is 0.391 bits per heavy atom. The summed E-state index contributed by atoms with van der Waals surface area (Å²) in [5.41, 5.74) is 11.4. The van der Waals surface area contributed by atoms with Crippen LogP contribution in [0.25, 0.3) is 90.9 Å². The smallest absolute Gasteiger partial charge is 0.341 e. The van der Waals surface area contributed by atoms with Gasteiger partial charge in [-0.15, -0.1) is 0 Å². The molecule has 0 fully saturated rings. The van der Waals surface area contributed by atoms with E-state index in [0.717, 1.165) is 55.5 Å². The van der Waals surface area contributed by atoms with Gasteiger partial charge >= 0.3 is 17.9 Å². The molecule has 4 aromatic carbocycles. The third-order valence-electron chi connectivity index (χ3n) is 10.4. The molecule has 14 nitrogen and oxygen atoms in total. The molecule has 316 valence electrons. The number of rotatable bonds is 13. The molecule has 0 unspecified atom stereocenters. The van der Waals surface area contributed by atoms with Crippen LogP contribution < -0.4 is 14.2 Å². The van der Waals surface area contributed by atoms with Gasteiger partial charge in [0.05, 0.1) is 22.8 Å². The fourth-order valence-electron chi connectivity index (χ4n) is 7.64. The Labute approximate surface area is 363 Å². The highest BCUT2D eigenvalue weighted by Crippen LogP contribution is 2.39. The van der Waals surface area contributed by atoms with Crippen LogP contribution in [0.5, 0.6) is 23.0 Å². The number of aromatic nitrogens is 4. The van der Waals surface area contributed by atoms with Gasteiger partial charge in [-0.3, -0.25) is 0 Å². The first-order chi connectivity index (χ1) is 31.1. The van der Waals surface area contributed by atoms with Gasteiger partial charge in [-0.2, -0.15) is 0 Å². The number of carboxylic acids is 3. The van der Waals surface area contributed by atoms with E-state index >= 15 is 0 Å². The minimum absolute atomic E-state index is 0.109. The van der Waals surface area contributed by atoms with E-state index in [2.05, 4.69) is 9.97 Å². The first kappa shape index (κ1) is 40.5. The molecule has 0 radical (unpaired) electrons. The van der Waals surface area contributed by atoms with Gasteiger partial charge in [-0.1, -0.05) is 48.5 Å². The number of aromatic amines is 2. The fourth-order valence-corrected chi connectivity index (χ4v) is 7.64. The maximum atomic E-state index is 11.2. The molecule has 0 spiro atoms. The highest BCUT2D eigenvalue weighted by molar-refractivity contribution is 6.00. The second-order valence-corrected chi connectivity index (χ2v) is 14.7. The van der Waals surface area contributed by atoms with Crippen molar-refractivity contribution in [1.29, 1.82) is 0 Å². The van der Waals surface area contributed by atoms with Gasteiger partial charge in [-0.25, -0.2) is 24.4 Å². The van der Waals surface area contributed by atoms with Crippen molar-refractivity contribution in [3.8, 4) is 67.5 Å². The molecule has 7 aromatic rings. The summed E-state index contributed by atoms with van der Waals surface area (Å²) in [7, 11) is 0. The molecule has 3 aromatic heterocycles. The number of hydrogen-bond acceptors (Lipinski definition) is 9. The summed E-state index contributed by atoms with van der Waals surface area (Å²) in [6.45, 7) is -1.47. The van der Waals surface area contributed by atoms with E-state index in [9.17, 15) is 34.8 Å². The normalized spacial score (nSPS) is 11.6. The lowest BCUT2D eigenvalue weighted by atomic mass is 10.0. The van der Waals surface area contributed by atoms with Gasteiger partial charge in [0.25, 0.3) is 0 Å². The summed E-state index contributed by atoms with van der Waals surface area (Å²) < 4.78 is 16.4. The Morgan fingerprint density at radius 3 is 0.891 bits per heavy atom. The molecule has 0 aliphatic carbocycles. The number of benzene rings is 4. The zero-order valence-corrected chi connectivity index (χ0v) is 33.6. The number of aliphatic carboxylic acids is 3. The summed E-state index contributed by atoms with van der Waals surface area (Å²) in [4.78, 5) is 51.5. The average molecular weight is 853 g/mol. The molecular weight excluding hydrogens is 817 g/mol. The molecule has 5 heterocycles. The van der Waals surface area contributed by atoms with Crippen molar-refractivity contribution in [2.24, 2.45) is 0 Å². The van der Waals surface area contributed by atoms with E-state index in [-0.39, 0.29) is 5.75 Å². The van der Waals surface area contributed by atoms with Crippen LogP contribution in [0, 0.1) is 0 Å². The number of carbonyl (C=O) groups is 3. The summed E-state index contributed by atoms with van der Waals surface area (Å²) in [5, 5.41) is 37.9. The van der Waals surface area contributed by atoms with Gasteiger partial charge < -0.3 is 44.6 Å². The predicted molar refractivity (Wildman–Crippen MR) is 242 cm³/mol. The molecule has 14 heteroatoms. The summed E-state index contributed by atoms with van der Waals surface area (Å²) >= 11 is 0. The SMILES string of the molecule is O=C(O)COc1ccc(-c2c3nc(c(-c4ccc(OCC(=O)O)cc4)c4ccc([nH]4)c(-c4ccc(OCC(=O)O)cc4)c4nc(c(-c5ccc(O)cc5)c5ccc2[nH]5)C=C4)C=C3)cc1. The number of nitrogens with zero attached hydrogens (tertiary/aromatic N) is 2. The van der Waals surface area contributed by atoms with Gasteiger partial charge in [-0.05, 0) is 119 Å². The Bertz CT molecular complexity index is 3130. The molecule has 0 atom stereocenters. The van der Waals surface area contributed by atoms with E-state index in [0.29, 0.717) is 51.1 Å². The number of phenolic OH excluding ortho intramolecular Hbond substituents is 1. The Morgan fingerprint density at radius 2 is 0.641 bits per heavy atom. The van der Waals surface area contributed by atoms with Gasteiger partial charge in [0, 0.05) is 44.3 Å². The van der Waals surface area contributed by atoms with Gasteiger partial charge in [0.2, 0.25) is 0 Å². The van der Waals surface area contributed by atoms with Crippen LogP contribution in [0.15, 0.2) is 121 Å². The molecular formula is C50H36N4O10. The topological polar surface area (TPSA) is 217 Å².